The highest BCUT2D eigenvalue weighted by Crippen LogP contribution is 2.34. The van der Waals surface area contributed by atoms with Crippen molar-refractivity contribution < 1.29 is 4.79 Å². The van der Waals surface area contributed by atoms with E-state index in [4.69, 9.17) is 0 Å². The largest absolute Gasteiger partial charge is 0.349 e. The molecule has 3 heterocycles. The Hall–Kier alpha value is -2.56. The van der Waals surface area contributed by atoms with Crippen molar-refractivity contribution in [1.82, 2.24) is 19.5 Å². The maximum Gasteiger partial charge on any atom is 0.253 e. The average Bonchev–Trinajstić information content (AvgIpc) is 3.08. The van der Waals surface area contributed by atoms with Crippen LogP contribution in [0.5, 0.6) is 0 Å². The number of aromatic nitrogens is 3. The normalized spacial score (nSPS) is 18.1. The summed E-state index contributed by atoms with van der Waals surface area (Å²) in [6.45, 7) is 0. The highest BCUT2D eigenvalue weighted by Gasteiger charge is 2.27. The van der Waals surface area contributed by atoms with Crippen molar-refractivity contribution in [1.29, 1.82) is 0 Å². The predicted molar refractivity (Wildman–Crippen MR) is 96.6 cm³/mol. The SMILES string of the molecule is O=C(NC1CC1)c1cc(-c2ccnn2C2CCCC2)n2ccccc12. The van der Waals surface area contributed by atoms with Crippen molar-refractivity contribution in [2.75, 3.05) is 0 Å². The van der Waals surface area contributed by atoms with E-state index in [1.165, 1.54) is 25.7 Å². The second-order valence-corrected chi connectivity index (χ2v) is 7.25. The van der Waals surface area contributed by atoms with Gasteiger partial charge < -0.3 is 9.72 Å². The Morgan fingerprint density at radius 3 is 2.72 bits per heavy atom. The molecule has 1 amide bonds. The lowest BCUT2D eigenvalue weighted by molar-refractivity contribution is 0.0953. The van der Waals surface area contributed by atoms with Crippen molar-refractivity contribution in [3.8, 4) is 11.4 Å². The lowest BCUT2D eigenvalue weighted by atomic mass is 10.2. The fourth-order valence-electron chi connectivity index (χ4n) is 3.98. The number of amides is 1. The van der Waals surface area contributed by atoms with Gasteiger partial charge in [-0.2, -0.15) is 5.10 Å². The summed E-state index contributed by atoms with van der Waals surface area (Å²) in [4.78, 5) is 12.7. The first-order chi connectivity index (χ1) is 12.3. The Balaban J connectivity index is 1.62. The van der Waals surface area contributed by atoms with Gasteiger partial charge in [-0.15, -0.1) is 0 Å². The van der Waals surface area contributed by atoms with Crippen LogP contribution < -0.4 is 5.32 Å². The van der Waals surface area contributed by atoms with Crippen LogP contribution in [0, 0.1) is 0 Å². The fraction of sp³-hybridized carbons (Fsp3) is 0.400. The quantitative estimate of drug-likeness (QED) is 0.789. The number of nitrogens with one attached hydrogen (secondary N) is 1. The second kappa shape index (κ2) is 5.76. The molecule has 0 saturated heterocycles. The molecule has 1 N–H and O–H groups in total. The Kier molecular flexibility index (Phi) is 3.40. The zero-order chi connectivity index (χ0) is 16.8. The Labute approximate surface area is 146 Å². The van der Waals surface area contributed by atoms with E-state index in [2.05, 4.69) is 25.6 Å². The summed E-state index contributed by atoms with van der Waals surface area (Å²) in [5, 5.41) is 7.71. The molecule has 2 aliphatic rings. The molecule has 0 atom stereocenters. The number of carbonyl (C=O) groups is 1. The lowest BCUT2D eigenvalue weighted by Gasteiger charge is -2.14. The third kappa shape index (κ3) is 2.54. The molecular weight excluding hydrogens is 312 g/mol. The van der Waals surface area contributed by atoms with Gasteiger partial charge in [-0.3, -0.25) is 9.48 Å². The van der Waals surface area contributed by atoms with Crippen LogP contribution in [0.1, 0.15) is 54.9 Å². The fourth-order valence-corrected chi connectivity index (χ4v) is 3.98. The molecule has 2 aliphatic carbocycles. The summed E-state index contributed by atoms with van der Waals surface area (Å²) in [6, 6.07) is 10.9. The van der Waals surface area contributed by atoms with Crippen LogP contribution in [-0.2, 0) is 0 Å². The second-order valence-electron chi connectivity index (χ2n) is 7.25. The van der Waals surface area contributed by atoms with Crippen molar-refractivity contribution in [3.63, 3.8) is 0 Å². The topological polar surface area (TPSA) is 51.3 Å². The number of carbonyl (C=O) groups excluding carboxylic acids is 1. The van der Waals surface area contributed by atoms with Gasteiger partial charge in [-0.25, -0.2) is 0 Å². The van der Waals surface area contributed by atoms with E-state index >= 15 is 0 Å². The molecule has 3 aromatic heterocycles. The van der Waals surface area contributed by atoms with Crippen molar-refractivity contribution in [2.45, 2.75) is 50.6 Å². The Morgan fingerprint density at radius 1 is 1.08 bits per heavy atom. The molecular formula is C20H22N4O. The Bertz CT molecular complexity index is 928. The molecule has 2 saturated carbocycles. The number of fused-ring (bicyclic) bond motifs is 1. The molecule has 25 heavy (non-hydrogen) atoms. The summed E-state index contributed by atoms with van der Waals surface area (Å²) >= 11 is 0. The Morgan fingerprint density at radius 2 is 1.92 bits per heavy atom. The van der Waals surface area contributed by atoms with Crippen LogP contribution >= 0.6 is 0 Å². The standard InChI is InChI=1S/C20H22N4O/c25-20(22-14-8-9-14)16-13-19(23-12-4-3-7-17(16)23)18-10-11-21-24(18)15-5-1-2-6-15/h3-4,7,10-15H,1-2,5-6,8-9H2,(H,22,25). The van der Waals surface area contributed by atoms with Gasteiger partial charge in [-0.05, 0) is 49.9 Å². The van der Waals surface area contributed by atoms with E-state index in [1.54, 1.807) is 0 Å². The molecule has 0 aromatic carbocycles. The van der Waals surface area contributed by atoms with Crippen molar-refractivity contribution >= 4 is 11.4 Å². The number of nitrogens with zero attached hydrogens (tertiary/aromatic N) is 3. The van der Waals surface area contributed by atoms with Gasteiger partial charge in [0.2, 0.25) is 0 Å². The summed E-state index contributed by atoms with van der Waals surface area (Å²) < 4.78 is 4.27. The first kappa shape index (κ1) is 14.8. The number of pyridine rings is 1. The zero-order valence-corrected chi connectivity index (χ0v) is 14.2. The average molecular weight is 334 g/mol. The van der Waals surface area contributed by atoms with Gasteiger partial charge in [0.15, 0.2) is 0 Å². The zero-order valence-electron chi connectivity index (χ0n) is 14.2. The number of hydrogen-bond acceptors (Lipinski definition) is 2. The van der Waals surface area contributed by atoms with Crippen LogP contribution in [0.15, 0.2) is 42.7 Å². The minimum Gasteiger partial charge on any atom is -0.349 e. The molecule has 5 rings (SSSR count). The van der Waals surface area contributed by atoms with Gasteiger partial charge in [0.05, 0.1) is 28.5 Å². The molecule has 0 radical (unpaired) electrons. The monoisotopic (exact) mass is 334 g/mol. The number of hydrogen-bond donors (Lipinski definition) is 1. The third-order valence-electron chi connectivity index (χ3n) is 5.44. The van der Waals surface area contributed by atoms with E-state index in [0.29, 0.717) is 12.1 Å². The first-order valence-corrected chi connectivity index (χ1v) is 9.26. The van der Waals surface area contributed by atoms with Gasteiger partial charge in [-0.1, -0.05) is 18.9 Å². The summed E-state index contributed by atoms with van der Waals surface area (Å²) in [7, 11) is 0. The molecule has 0 spiro atoms. The van der Waals surface area contributed by atoms with Crippen molar-refractivity contribution in [3.05, 3.63) is 48.3 Å². The molecule has 128 valence electrons. The molecule has 5 nitrogen and oxygen atoms in total. The highest BCUT2D eigenvalue weighted by atomic mass is 16.1. The molecule has 0 bridgehead atoms. The molecule has 0 aliphatic heterocycles. The molecule has 5 heteroatoms. The molecule has 3 aromatic rings. The summed E-state index contributed by atoms with van der Waals surface area (Å²) in [6.07, 6.45) is 11.0. The minimum absolute atomic E-state index is 0.0318. The van der Waals surface area contributed by atoms with E-state index in [-0.39, 0.29) is 5.91 Å². The first-order valence-electron chi connectivity index (χ1n) is 9.26. The molecule has 2 fully saturated rings. The van der Waals surface area contributed by atoms with Gasteiger partial charge in [0.1, 0.15) is 0 Å². The van der Waals surface area contributed by atoms with Gasteiger partial charge in [0.25, 0.3) is 5.91 Å². The maximum absolute atomic E-state index is 12.7. The van der Waals surface area contributed by atoms with Gasteiger partial charge in [0, 0.05) is 18.4 Å². The smallest absolute Gasteiger partial charge is 0.253 e. The summed E-state index contributed by atoms with van der Waals surface area (Å²) in [5.41, 5.74) is 3.84. The van der Waals surface area contributed by atoms with E-state index < -0.39 is 0 Å². The number of rotatable bonds is 4. The van der Waals surface area contributed by atoms with Crippen LogP contribution in [0.2, 0.25) is 0 Å². The lowest BCUT2D eigenvalue weighted by Crippen LogP contribution is -2.25. The van der Waals surface area contributed by atoms with E-state index in [9.17, 15) is 4.79 Å². The van der Waals surface area contributed by atoms with Crippen LogP contribution in [0.25, 0.3) is 16.9 Å². The summed E-state index contributed by atoms with van der Waals surface area (Å²) in [5.74, 6) is 0.0318. The highest BCUT2D eigenvalue weighted by molar-refractivity contribution is 6.03. The van der Waals surface area contributed by atoms with Crippen LogP contribution in [0.4, 0.5) is 0 Å². The van der Waals surface area contributed by atoms with Gasteiger partial charge >= 0.3 is 0 Å². The third-order valence-corrected chi connectivity index (χ3v) is 5.44. The molecule has 0 unspecified atom stereocenters. The van der Waals surface area contributed by atoms with E-state index in [1.807, 2.05) is 36.7 Å². The minimum atomic E-state index is 0.0318. The van der Waals surface area contributed by atoms with Crippen molar-refractivity contribution in [2.24, 2.45) is 0 Å². The van der Waals surface area contributed by atoms with E-state index in [0.717, 1.165) is 35.3 Å². The predicted octanol–water partition coefficient (Wildman–Crippen LogP) is 3.81. The maximum atomic E-state index is 12.7. The van der Waals surface area contributed by atoms with Crippen LogP contribution in [-0.4, -0.2) is 26.1 Å². The van der Waals surface area contributed by atoms with Crippen LogP contribution in [0.3, 0.4) is 0 Å².